The molecule has 0 spiro atoms. The van der Waals surface area contributed by atoms with Crippen LogP contribution in [-0.2, 0) is 27.3 Å². The fourth-order valence-corrected chi connectivity index (χ4v) is 2.80. The molecule has 0 unspecified atom stereocenters. The van der Waals surface area contributed by atoms with Gasteiger partial charge in [-0.25, -0.2) is 4.98 Å². The number of hydrogen-bond donors (Lipinski definition) is 2. The third-order valence-electron chi connectivity index (χ3n) is 3.39. The van der Waals surface area contributed by atoms with E-state index in [1.54, 1.807) is 19.1 Å². The van der Waals surface area contributed by atoms with E-state index < -0.39 is 0 Å². The van der Waals surface area contributed by atoms with E-state index in [9.17, 15) is 14.4 Å². The highest BCUT2D eigenvalue weighted by molar-refractivity contribution is 7.99. The summed E-state index contributed by atoms with van der Waals surface area (Å²) in [5.41, 5.74) is 0.665. The number of aromatic amines is 1. The number of hydrogen-bond acceptors (Lipinski definition) is 7. The summed E-state index contributed by atoms with van der Waals surface area (Å²) >= 11 is 1.13. The lowest BCUT2D eigenvalue weighted by atomic mass is 10.1. The molecule has 2 N–H and O–H groups in total. The Balaban J connectivity index is 1.88. The summed E-state index contributed by atoms with van der Waals surface area (Å²) in [7, 11) is 1.30. The molecule has 0 saturated carbocycles. The Morgan fingerprint density at radius 2 is 2.24 bits per heavy atom. The number of aryl methyl sites for hydroxylation is 1. The number of carbonyl (C=O) groups is 2. The topological polar surface area (TPSA) is 114 Å². The third kappa shape index (κ3) is 5.79. The molecule has 2 aromatic heterocycles. The van der Waals surface area contributed by atoms with Crippen LogP contribution in [0, 0.1) is 6.92 Å². The fraction of sp³-hybridized carbons (Fsp3) is 0.375. The molecule has 2 heterocycles. The van der Waals surface area contributed by atoms with Gasteiger partial charge in [0.1, 0.15) is 5.76 Å². The number of H-pyrrole nitrogens is 1. The molecule has 2 rings (SSSR count). The maximum absolute atomic E-state index is 12.1. The van der Waals surface area contributed by atoms with Crippen LogP contribution in [0.25, 0.3) is 0 Å². The monoisotopic (exact) mass is 365 g/mol. The number of amides is 1. The van der Waals surface area contributed by atoms with Gasteiger partial charge >= 0.3 is 5.97 Å². The Bertz CT molecular complexity index is 786. The van der Waals surface area contributed by atoms with Crippen LogP contribution >= 0.6 is 11.8 Å². The van der Waals surface area contributed by atoms with E-state index in [1.807, 2.05) is 0 Å². The van der Waals surface area contributed by atoms with E-state index in [2.05, 4.69) is 20.0 Å². The number of esters is 1. The van der Waals surface area contributed by atoms with Crippen LogP contribution in [0.15, 0.2) is 32.8 Å². The fourth-order valence-electron chi connectivity index (χ4n) is 2.06. The summed E-state index contributed by atoms with van der Waals surface area (Å²) in [6, 6.07) is 3.51. The van der Waals surface area contributed by atoms with Crippen molar-refractivity contribution in [1.82, 2.24) is 15.3 Å². The van der Waals surface area contributed by atoms with Crippen LogP contribution in [0.4, 0.5) is 0 Å². The van der Waals surface area contributed by atoms with E-state index in [0.29, 0.717) is 28.7 Å². The second kappa shape index (κ2) is 9.07. The van der Waals surface area contributed by atoms with Crippen LogP contribution in [0.1, 0.15) is 23.4 Å². The number of furan rings is 1. The van der Waals surface area contributed by atoms with E-state index in [4.69, 9.17) is 4.42 Å². The van der Waals surface area contributed by atoms with Crippen molar-refractivity contribution in [2.75, 3.05) is 12.9 Å². The highest BCUT2D eigenvalue weighted by Crippen LogP contribution is 2.13. The van der Waals surface area contributed by atoms with Gasteiger partial charge in [-0.1, -0.05) is 11.8 Å². The molecule has 8 nitrogen and oxygen atoms in total. The molecular formula is C16H19N3O5S. The maximum Gasteiger partial charge on any atom is 0.305 e. The molecule has 0 aromatic carbocycles. The first-order valence-electron chi connectivity index (χ1n) is 7.58. The number of rotatable bonds is 8. The van der Waals surface area contributed by atoms with Gasteiger partial charge in [-0.15, -0.1) is 0 Å². The molecule has 0 radical (unpaired) electrons. The second-order valence-corrected chi connectivity index (χ2v) is 6.12. The number of thioether (sulfide) groups is 1. The molecule has 0 atom stereocenters. The summed E-state index contributed by atoms with van der Waals surface area (Å²) in [5, 5.41) is 3.07. The predicted molar refractivity (Wildman–Crippen MR) is 91.2 cm³/mol. The minimum Gasteiger partial charge on any atom is -0.469 e. The van der Waals surface area contributed by atoms with Gasteiger partial charge in [0.05, 0.1) is 25.7 Å². The summed E-state index contributed by atoms with van der Waals surface area (Å²) in [5.74, 6) is 0.197. The summed E-state index contributed by atoms with van der Waals surface area (Å²) in [6.45, 7) is 2.00. The Morgan fingerprint density at radius 3 is 2.88 bits per heavy atom. The van der Waals surface area contributed by atoms with Gasteiger partial charge in [0.15, 0.2) is 5.16 Å². The van der Waals surface area contributed by atoms with Gasteiger partial charge in [-0.05, 0) is 25.5 Å². The molecule has 0 saturated heterocycles. The number of methoxy groups -OCH3 is 1. The first-order chi connectivity index (χ1) is 12.0. The van der Waals surface area contributed by atoms with Crippen molar-refractivity contribution in [3.63, 3.8) is 0 Å². The Kier molecular flexibility index (Phi) is 6.81. The van der Waals surface area contributed by atoms with Crippen LogP contribution in [0.3, 0.4) is 0 Å². The number of carbonyl (C=O) groups excluding carboxylic acids is 2. The Morgan fingerprint density at radius 1 is 1.44 bits per heavy atom. The molecule has 25 heavy (non-hydrogen) atoms. The van der Waals surface area contributed by atoms with Gasteiger partial charge < -0.3 is 19.5 Å². The molecule has 0 bridgehead atoms. The Labute approximate surface area is 148 Å². The van der Waals surface area contributed by atoms with Gasteiger partial charge in [-0.2, -0.15) is 0 Å². The molecule has 0 aliphatic rings. The number of nitrogens with one attached hydrogen (secondary N) is 2. The lowest BCUT2D eigenvalue weighted by Crippen LogP contribution is -2.25. The van der Waals surface area contributed by atoms with E-state index in [1.165, 1.54) is 13.4 Å². The second-order valence-electron chi connectivity index (χ2n) is 5.16. The SMILES string of the molecule is COC(=O)CCc1c(C)nc(SCC(=O)NCc2ccco2)[nH]c1=O. The van der Waals surface area contributed by atoms with Crippen molar-refractivity contribution in [1.29, 1.82) is 0 Å². The lowest BCUT2D eigenvalue weighted by Gasteiger charge is -2.07. The minimum absolute atomic E-state index is 0.115. The highest BCUT2D eigenvalue weighted by Gasteiger charge is 2.12. The van der Waals surface area contributed by atoms with Crippen molar-refractivity contribution in [2.45, 2.75) is 31.5 Å². The smallest absolute Gasteiger partial charge is 0.305 e. The van der Waals surface area contributed by atoms with Crippen molar-refractivity contribution < 1.29 is 18.7 Å². The van der Waals surface area contributed by atoms with E-state index in [-0.39, 0.29) is 36.0 Å². The van der Waals surface area contributed by atoms with Crippen LogP contribution < -0.4 is 10.9 Å². The lowest BCUT2D eigenvalue weighted by molar-refractivity contribution is -0.140. The first kappa shape index (κ1) is 18.8. The maximum atomic E-state index is 12.1. The summed E-state index contributed by atoms with van der Waals surface area (Å²) in [6.07, 6.45) is 1.91. The van der Waals surface area contributed by atoms with Crippen LogP contribution in [-0.4, -0.2) is 34.7 Å². The zero-order chi connectivity index (χ0) is 18.2. The largest absolute Gasteiger partial charge is 0.469 e. The molecule has 0 aliphatic heterocycles. The molecule has 1 amide bonds. The Hall–Kier alpha value is -2.55. The van der Waals surface area contributed by atoms with Gasteiger partial charge in [0, 0.05) is 17.7 Å². The number of ether oxygens (including phenoxy) is 1. The molecule has 0 aliphatic carbocycles. The molecule has 2 aromatic rings. The van der Waals surface area contributed by atoms with Gasteiger partial charge in [0.25, 0.3) is 5.56 Å². The zero-order valence-corrected chi connectivity index (χ0v) is 14.8. The predicted octanol–water partition coefficient (Wildman–Crippen LogP) is 1.19. The van der Waals surface area contributed by atoms with Crippen molar-refractivity contribution >= 4 is 23.6 Å². The third-order valence-corrected chi connectivity index (χ3v) is 4.26. The van der Waals surface area contributed by atoms with Gasteiger partial charge in [-0.3, -0.25) is 14.4 Å². The summed E-state index contributed by atoms with van der Waals surface area (Å²) in [4.78, 5) is 42.0. The highest BCUT2D eigenvalue weighted by atomic mass is 32.2. The summed E-state index contributed by atoms with van der Waals surface area (Å²) < 4.78 is 9.69. The number of nitrogens with zero attached hydrogens (tertiary/aromatic N) is 1. The van der Waals surface area contributed by atoms with E-state index >= 15 is 0 Å². The normalized spacial score (nSPS) is 10.5. The van der Waals surface area contributed by atoms with Crippen LogP contribution in [0.2, 0.25) is 0 Å². The van der Waals surface area contributed by atoms with Crippen LogP contribution in [0.5, 0.6) is 0 Å². The van der Waals surface area contributed by atoms with Crippen molar-refractivity contribution in [3.8, 4) is 0 Å². The molecule has 134 valence electrons. The average molecular weight is 365 g/mol. The van der Waals surface area contributed by atoms with E-state index in [0.717, 1.165) is 11.8 Å². The quantitative estimate of drug-likeness (QED) is 0.410. The molecular weight excluding hydrogens is 346 g/mol. The zero-order valence-electron chi connectivity index (χ0n) is 14.0. The minimum atomic E-state index is -0.384. The van der Waals surface area contributed by atoms with Crippen molar-refractivity contribution in [2.24, 2.45) is 0 Å². The average Bonchev–Trinajstić information content (AvgIpc) is 3.10. The standard InChI is InChI=1S/C16H19N3O5S/c1-10-12(5-6-14(21)23-2)15(22)19-16(18-10)25-9-13(20)17-8-11-4-3-7-24-11/h3-4,7H,5-6,8-9H2,1-2H3,(H,17,20)(H,18,19,22). The first-order valence-corrected chi connectivity index (χ1v) is 8.56. The molecule has 9 heteroatoms. The molecule has 0 fully saturated rings. The number of aromatic nitrogens is 2. The van der Waals surface area contributed by atoms with Gasteiger partial charge in [0.2, 0.25) is 5.91 Å². The van der Waals surface area contributed by atoms with Crippen molar-refractivity contribution in [3.05, 3.63) is 45.8 Å².